The number of hydrogen-bond acceptors (Lipinski definition) is 5. The van der Waals surface area contributed by atoms with Crippen molar-refractivity contribution in [3.63, 3.8) is 0 Å². The number of hydrazine groups is 1. The van der Waals surface area contributed by atoms with Gasteiger partial charge in [0.05, 0.1) is 12.2 Å². The summed E-state index contributed by atoms with van der Waals surface area (Å²) in [6.45, 7) is 3.63. The maximum Gasteiger partial charge on any atom is 0.222 e. The summed E-state index contributed by atoms with van der Waals surface area (Å²) in [6.07, 6.45) is 12.3. The van der Waals surface area contributed by atoms with Crippen molar-refractivity contribution in [1.82, 2.24) is 25.6 Å². The normalized spacial score (nSPS) is 28.4. The predicted octanol–water partition coefficient (Wildman–Crippen LogP) is 2.06. The molecule has 0 aromatic carbocycles. The van der Waals surface area contributed by atoms with Crippen LogP contribution >= 0.6 is 0 Å². The van der Waals surface area contributed by atoms with Crippen molar-refractivity contribution >= 4 is 5.91 Å². The molecule has 6 heteroatoms. The lowest BCUT2D eigenvalue weighted by atomic mass is 9.86. The second kappa shape index (κ2) is 8.46. The summed E-state index contributed by atoms with van der Waals surface area (Å²) >= 11 is 0. The van der Waals surface area contributed by atoms with Crippen molar-refractivity contribution in [2.75, 3.05) is 26.2 Å². The highest BCUT2D eigenvalue weighted by Gasteiger charge is 2.32. The number of aromatic nitrogens is 1. The fourth-order valence-corrected chi connectivity index (χ4v) is 4.63. The molecule has 1 aromatic rings. The summed E-state index contributed by atoms with van der Waals surface area (Å²) in [5, 5.41) is 0. The van der Waals surface area contributed by atoms with E-state index in [9.17, 15) is 4.79 Å². The van der Waals surface area contributed by atoms with E-state index in [2.05, 4.69) is 31.7 Å². The summed E-state index contributed by atoms with van der Waals surface area (Å²) in [6, 6.07) is 4.41. The largest absolute Gasteiger partial charge is 0.340 e. The molecule has 2 N–H and O–H groups in total. The zero-order valence-electron chi connectivity index (χ0n) is 15.6. The minimum Gasteiger partial charge on any atom is -0.340 e. The number of carbonyl (C=O) groups is 1. The molecule has 0 bridgehead atoms. The Hall–Kier alpha value is -1.50. The number of pyridine rings is 1. The highest BCUT2D eigenvalue weighted by Crippen LogP contribution is 2.27. The van der Waals surface area contributed by atoms with E-state index < -0.39 is 0 Å². The van der Waals surface area contributed by atoms with Gasteiger partial charge in [-0.05, 0) is 36.8 Å². The van der Waals surface area contributed by atoms with E-state index in [0.717, 1.165) is 39.0 Å². The molecule has 2 unspecified atom stereocenters. The topological polar surface area (TPSA) is 60.5 Å². The van der Waals surface area contributed by atoms with Crippen molar-refractivity contribution in [3.05, 3.63) is 30.1 Å². The molecule has 6 nitrogen and oxygen atoms in total. The van der Waals surface area contributed by atoms with Crippen LogP contribution in [0.3, 0.4) is 0 Å². The maximum atomic E-state index is 12.6. The Morgan fingerprint density at radius 2 is 1.92 bits per heavy atom. The van der Waals surface area contributed by atoms with Gasteiger partial charge in [0.2, 0.25) is 5.91 Å². The minimum absolute atomic E-state index is 0.305. The van der Waals surface area contributed by atoms with Gasteiger partial charge in [-0.25, -0.2) is 10.9 Å². The Labute approximate surface area is 156 Å². The van der Waals surface area contributed by atoms with E-state index in [1.807, 2.05) is 18.5 Å². The molecule has 3 heterocycles. The Balaban J connectivity index is 1.23. The molecule has 0 spiro atoms. The van der Waals surface area contributed by atoms with Gasteiger partial charge in [0, 0.05) is 45.0 Å². The van der Waals surface area contributed by atoms with E-state index in [1.165, 1.54) is 37.7 Å². The molecule has 3 aliphatic rings. The Bertz CT molecular complexity index is 581. The lowest BCUT2D eigenvalue weighted by Gasteiger charge is -2.38. The van der Waals surface area contributed by atoms with Crippen molar-refractivity contribution in [2.45, 2.75) is 57.2 Å². The Morgan fingerprint density at radius 3 is 2.65 bits per heavy atom. The molecule has 3 fully saturated rings. The van der Waals surface area contributed by atoms with Gasteiger partial charge in [-0.1, -0.05) is 25.3 Å². The highest BCUT2D eigenvalue weighted by atomic mass is 16.2. The lowest BCUT2D eigenvalue weighted by Crippen LogP contribution is -2.55. The molecule has 1 aliphatic carbocycles. The minimum atomic E-state index is 0.305. The monoisotopic (exact) mass is 357 g/mol. The first-order valence-corrected chi connectivity index (χ1v) is 10.2. The third-order valence-corrected chi connectivity index (χ3v) is 6.27. The van der Waals surface area contributed by atoms with Gasteiger partial charge in [0.25, 0.3) is 0 Å². The van der Waals surface area contributed by atoms with Crippen molar-refractivity contribution in [1.29, 1.82) is 0 Å². The van der Waals surface area contributed by atoms with Gasteiger partial charge in [0.1, 0.15) is 0 Å². The molecule has 0 radical (unpaired) electrons. The van der Waals surface area contributed by atoms with Gasteiger partial charge in [-0.15, -0.1) is 0 Å². The summed E-state index contributed by atoms with van der Waals surface area (Å²) in [5.74, 6) is 1.01. The quantitative estimate of drug-likeness (QED) is 0.864. The van der Waals surface area contributed by atoms with Crippen LogP contribution in [0.5, 0.6) is 0 Å². The zero-order valence-corrected chi connectivity index (χ0v) is 15.6. The van der Waals surface area contributed by atoms with Crippen LogP contribution in [0.1, 0.15) is 56.6 Å². The van der Waals surface area contributed by atoms with Gasteiger partial charge in [0.15, 0.2) is 0 Å². The van der Waals surface area contributed by atoms with Crippen LogP contribution in [-0.4, -0.2) is 53.0 Å². The standard InChI is InChI=1S/C20H31N5O/c26-20(13-16-5-2-1-3-6-16)25-11-9-24(10-12-25)19-14-18(22-23-19)17-7-4-8-21-15-17/h4,7-8,15-16,18-19,22-23H,1-3,5-6,9-14H2. The molecule has 26 heavy (non-hydrogen) atoms. The summed E-state index contributed by atoms with van der Waals surface area (Å²) in [5.41, 5.74) is 8.05. The van der Waals surface area contributed by atoms with E-state index in [4.69, 9.17) is 0 Å². The maximum absolute atomic E-state index is 12.6. The predicted molar refractivity (Wildman–Crippen MR) is 101 cm³/mol. The van der Waals surface area contributed by atoms with Crippen LogP contribution in [-0.2, 0) is 4.79 Å². The van der Waals surface area contributed by atoms with Crippen LogP contribution in [0.2, 0.25) is 0 Å². The van der Waals surface area contributed by atoms with E-state index in [0.29, 0.717) is 24.0 Å². The Kier molecular flexibility index (Phi) is 5.82. The average Bonchev–Trinajstić information content (AvgIpc) is 3.20. The third kappa shape index (κ3) is 4.24. The molecule has 2 saturated heterocycles. The van der Waals surface area contributed by atoms with Crippen molar-refractivity contribution < 1.29 is 4.79 Å². The smallest absolute Gasteiger partial charge is 0.222 e. The van der Waals surface area contributed by atoms with Crippen LogP contribution in [0.4, 0.5) is 0 Å². The first-order valence-electron chi connectivity index (χ1n) is 10.2. The second-order valence-corrected chi connectivity index (χ2v) is 8.00. The highest BCUT2D eigenvalue weighted by molar-refractivity contribution is 5.76. The molecule has 2 aliphatic heterocycles. The average molecular weight is 358 g/mol. The van der Waals surface area contributed by atoms with Crippen molar-refractivity contribution in [2.24, 2.45) is 5.92 Å². The molecule has 2 atom stereocenters. The van der Waals surface area contributed by atoms with E-state index >= 15 is 0 Å². The van der Waals surface area contributed by atoms with Crippen LogP contribution < -0.4 is 10.9 Å². The molecule has 142 valence electrons. The first kappa shape index (κ1) is 17.9. The Morgan fingerprint density at radius 1 is 1.12 bits per heavy atom. The van der Waals surface area contributed by atoms with Crippen LogP contribution in [0.15, 0.2) is 24.5 Å². The van der Waals surface area contributed by atoms with Crippen molar-refractivity contribution in [3.8, 4) is 0 Å². The summed E-state index contributed by atoms with van der Waals surface area (Å²) in [7, 11) is 0. The number of hydrogen-bond donors (Lipinski definition) is 2. The fourth-order valence-electron chi connectivity index (χ4n) is 4.63. The van der Waals surface area contributed by atoms with Gasteiger partial charge >= 0.3 is 0 Å². The molecular formula is C20H31N5O. The number of carbonyl (C=O) groups excluding carboxylic acids is 1. The summed E-state index contributed by atoms with van der Waals surface area (Å²) < 4.78 is 0. The lowest BCUT2D eigenvalue weighted by molar-refractivity contribution is -0.134. The van der Waals surface area contributed by atoms with Gasteiger partial charge in [-0.3, -0.25) is 14.7 Å². The molecule has 4 rings (SSSR count). The molecular weight excluding hydrogens is 326 g/mol. The number of piperazine rings is 1. The first-order chi connectivity index (χ1) is 12.8. The molecule has 1 saturated carbocycles. The molecule has 1 aromatic heterocycles. The number of nitrogens with one attached hydrogen (secondary N) is 2. The van der Waals surface area contributed by atoms with Gasteiger partial charge in [-0.2, -0.15) is 0 Å². The van der Waals surface area contributed by atoms with Crippen LogP contribution in [0, 0.1) is 5.92 Å². The second-order valence-electron chi connectivity index (χ2n) is 8.00. The van der Waals surface area contributed by atoms with Gasteiger partial charge < -0.3 is 4.90 Å². The van der Waals surface area contributed by atoms with E-state index in [-0.39, 0.29) is 0 Å². The number of nitrogens with zero attached hydrogens (tertiary/aromatic N) is 3. The zero-order chi connectivity index (χ0) is 17.8. The van der Waals surface area contributed by atoms with Crippen LogP contribution in [0.25, 0.3) is 0 Å². The SMILES string of the molecule is O=C(CC1CCCCC1)N1CCN(C2CC(c3cccnc3)NN2)CC1. The number of amides is 1. The third-order valence-electron chi connectivity index (χ3n) is 6.27. The fraction of sp³-hybridized carbons (Fsp3) is 0.700. The summed E-state index contributed by atoms with van der Waals surface area (Å²) in [4.78, 5) is 21.4. The van der Waals surface area contributed by atoms with E-state index in [1.54, 1.807) is 0 Å². The number of rotatable bonds is 4. The molecule has 1 amide bonds.